The zero-order valence-corrected chi connectivity index (χ0v) is 42.8. The Morgan fingerprint density at radius 1 is 0.531 bits per heavy atom. The van der Waals surface area contributed by atoms with E-state index >= 15 is 0 Å². The van der Waals surface area contributed by atoms with Gasteiger partial charge in [-0.1, -0.05) is 131 Å². The summed E-state index contributed by atoms with van der Waals surface area (Å²) < 4.78 is 0. The van der Waals surface area contributed by atoms with Gasteiger partial charge in [-0.15, -0.1) is 0 Å². The van der Waals surface area contributed by atoms with Gasteiger partial charge in [0.25, 0.3) is 0 Å². The molecule has 0 bridgehead atoms. The predicted molar refractivity (Wildman–Crippen MR) is 263 cm³/mol. The molecule has 4 N–H and O–H groups in total. The van der Waals surface area contributed by atoms with Crippen LogP contribution in [-0.4, -0.2) is 44.6 Å². The van der Waals surface area contributed by atoms with Crippen LogP contribution in [0.1, 0.15) is 223 Å². The number of rotatable bonds is 13. The Kier molecular flexibility index (Phi) is 17.2. The zero-order valence-electron chi connectivity index (χ0n) is 42.8. The van der Waals surface area contributed by atoms with Crippen LogP contribution in [0.15, 0.2) is 23.3 Å². The highest BCUT2D eigenvalue weighted by atomic mass is 16.4. The van der Waals surface area contributed by atoms with E-state index in [1.54, 1.807) is 11.1 Å². The Bertz CT molecular complexity index is 1510. The Morgan fingerprint density at radius 3 is 1.25 bits per heavy atom. The number of fused-ring (bicyclic) bond motifs is 10. The molecule has 0 aromatic carbocycles. The van der Waals surface area contributed by atoms with Crippen LogP contribution in [0.25, 0.3) is 0 Å². The number of carboxylic acids is 2. The highest BCUT2D eigenvalue weighted by Crippen LogP contribution is 2.69. The van der Waals surface area contributed by atoms with E-state index in [0.717, 1.165) is 96.7 Å². The fourth-order valence-corrected chi connectivity index (χ4v) is 17.5. The third kappa shape index (κ3) is 10.9. The van der Waals surface area contributed by atoms with Gasteiger partial charge in [0.15, 0.2) is 0 Å². The molecule has 366 valence electrons. The van der Waals surface area contributed by atoms with E-state index in [1.807, 2.05) is 0 Å². The van der Waals surface area contributed by atoms with E-state index in [9.17, 15) is 19.8 Å². The number of aliphatic hydroxyl groups excluding tert-OH is 2. The van der Waals surface area contributed by atoms with Gasteiger partial charge in [-0.05, 0) is 195 Å². The van der Waals surface area contributed by atoms with Crippen molar-refractivity contribution in [1.82, 2.24) is 0 Å². The van der Waals surface area contributed by atoms with E-state index in [0.29, 0.717) is 21.7 Å². The minimum Gasteiger partial charge on any atom is -0.481 e. The maximum absolute atomic E-state index is 10.2. The molecule has 0 spiro atoms. The summed E-state index contributed by atoms with van der Waals surface area (Å²) in [7, 11) is 0. The standard InChI is InChI=1S/2C27H46O.C4H6O4/c2*1-18(2)7-6-8-19(3)23-11-12-24-22-10-9-20-17-21(28)13-15-26(20,4)25(22)14-16-27(23,24)5;5-3(6)1-2-4(7)8/h2*9,18-19,21-25,28H,6-8,10-17H2,1-5H3;1-2H2,(H,5,6)(H,7,8)/t2*19-,21+,22?,23-,24+,25+,26+,27-;/m11./s1. The third-order valence-electron chi connectivity index (χ3n) is 21.1. The van der Waals surface area contributed by atoms with E-state index < -0.39 is 11.9 Å². The SMILES string of the molecule is CC(C)CCC[C@@H](C)[C@H]1CC[C@H]2C3CC=C4C[C@@H](O)CC[C@]4(C)[C@H]3CC[C@]12C.CC(C)CCC[C@@H](C)[C@H]1CC[C@H]2C3CC=C4C[C@@H](O)CC[C@]4(C)[C@H]3CC[C@]12C.O=C(O)CCC(=O)O. The first-order chi connectivity index (χ1) is 30.1. The van der Waals surface area contributed by atoms with Crippen molar-refractivity contribution in [2.45, 2.75) is 236 Å². The van der Waals surface area contributed by atoms with Crippen LogP contribution in [0.5, 0.6) is 0 Å². The fourth-order valence-electron chi connectivity index (χ4n) is 17.5. The summed E-state index contributed by atoms with van der Waals surface area (Å²) in [5.74, 6) is 8.76. The monoisotopic (exact) mass is 891 g/mol. The number of hydrogen-bond donors (Lipinski definition) is 4. The van der Waals surface area contributed by atoms with E-state index in [2.05, 4.69) is 81.4 Å². The van der Waals surface area contributed by atoms with Gasteiger partial charge in [-0.3, -0.25) is 9.59 Å². The summed E-state index contributed by atoms with van der Waals surface area (Å²) >= 11 is 0. The smallest absolute Gasteiger partial charge is 0.303 e. The maximum Gasteiger partial charge on any atom is 0.303 e. The van der Waals surface area contributed by atoms with Gasteiger partial charge in [0.05, 0.1) is 25.0 Å². The van der Waals surface area contributed by atoms with Crippen LogP contribution >= 0.6 is 0 Å². The topological polar surface area (TPSA) is 115 Å². The second-order valence-electron chi connectivity index (χ2n) is 25.7. The van der Waals surface area contributed by atoms with E-state index in [4.69, 9.17) is 10.2 Å². The third-order valence-corrected chi connectivity index (χ3v) is 21.1. The highest BCUT2D eigenvalue weighted by Gasteiger charge is 2.60. The molecule has 6 fully saturated rings. The van der Waals surface area contributed by atoms with Crippen LogP contribution in [0.3, 0.4) is 0 Å². The first kappa shape index (κ1) is 51.7. The predicted octanol–water partition coefficient (Wildman–Crippen LogP) is 14.7. The average Bonchev–Trinajstić information content (AvgIpc) is 3.78. The second kappa shape index (κ2) is 21.3. The summed E-state index contributed by atoms with van der Waals surface area (Å²) in [6.07, 6.45) is 33.7. The summed E-state index contributed by atoms with van der Waals surface area (Å²) in [5.41, 5.74) is 5.21. The van der Waals surface area contributed by atoms with Crippen molar-refractivity contribution < 1.29 is 30.0 Å². The fraction of sp³-hybridized carbons (Fsp3) is 0.897. The molecule has 0 aromatic heterocycles. The minimum absolute atomic E-state index is 0.0766. The Labute approximate surface area is 392 Å². The van der Waals surface area contributed by atoms with Crippen molar-refractivity contribution in [2.24, 2.45) is 92.7 Å². The maximum atomic E-state index is 10.2. The van der Waals surface area contributed by atoms with Gasteiger partial charge in [0, 0.05) is 0 Å². The molecule has 8 rings (SSSR count). The van der Waals surface area contributed by atoms with E-state index in [-0.39, 0.29) is 25.0 Å². The van der Waals surface area contributed by atoms with Crippen molar-refractivity contribution in [2.75, 3.05) is 0 Å². The molecule has 0 aliphatic heterocycles. The molecule has 0 aromatic rings. The normalized spacial score (nSPS) is 41.8. The lowest BCUT2D eigenvalue weighted by atomic mass is 9.47. The molecule has 6 heteroatoms. The van der Waals surface area contributed by atoms with Crippen LogP contribution in [0.2, 0.25) is 0 Å². The molecule has 6 nitrogen and oxygen atoms in total. The molecular formula is C58H98O6. The van der Waals surface area contributed by atoms with Crippen molar-refractivity contribution in [3.63, 3.8) is 0 Å². The number of aliphatic carboxylic acids is 2. The average molecular weight is 891 g/mol. The Hall–Kier alpha value is -1.66. The summed E-state index contributed by atoms with van der Waals surface area (Å²) in [6, 6.07) is 0. The molecule has 64 heavy (non-hydrogen) atoms. The first-order valence-corrected chi connectivity index (χ1v) is 27.3. The number of aliphatic hydroxyl groups is 2. The lowest BCUT2D eigenvalue weighted by Crippen LogP contribution is -2.50. The van der Waals surface area contributed by atoms with Crippen LogP contribution in [0, 0.1) is 92.7 Å². The first-order valence-electron chi connectivity index (χ1n) is 27.3. The van der Waals surface area contributed by atoms with Crippen LogP contribution in [-0.2, 0) is 9.59 Å². The van der Waals surface area contributed by atoms with Crippen molar-refractivity contribution in [1.29, 1.82) is 0 Å². The Morgan fingerprint density at radius 2 is 0.906 bits per heavy atom. The summed E-state index contributed by atoms with van der Waals surface area (Å²) in [4.78, 5) is 19.3. The number of hydrogen-bond acceptors (Lipinski definition) is 4. The summed E-state index contributed by atoms with van der Waals surface area (Å²) in [6.45, 7) is 25.1. The van der Waals surface area contributed by atoms with Gasteiger partial charge in [0.2, 0.25) is 0 Å². The minimum atomic E-state index is -1.08. The largest absolute Gasteiger partial charge is 0.481 e. The van der Waals surface area contributed by atoms with Crippen molar-refractivity contribution >= 4 is 11.9 Å². The van der Waals surface area contributed by atoms with Crippen LogP contribution < -0.4 is 0 Å². The van der Waals surface area contributed by atoms with Crippen molar-refractivity contribution in [3.05, 3.63) is 23.3 Å². The quantitative estimate of drug-likeness (QED) is 0.137. The van der Waals surface area contributed by atoms with Gasteiger partial charge in [-0.2, -0.15) is 0 Å². The van der Waals surface area contributed by atoms with Gasteiger partial charge in [0.1, 0.15) is 0 Å². The molecule has 8 aliphatic carbocycles. The van der Waals surface area contributed by atoms with Gasteiger partial charge >= 0.3 is 11.9 Å². The van der Waals surface area contributed by atoms with E-state index in [1.165, 1.54) is 116 Å². The lowest BCUT2D eigenvalue weighted by Gasteiger charge is -2.58. The van der Waals surface area contributed by atoms with Crippen LogP contribution in [0.4, 0.5) is 0 Å². The molecule has 0 saturated heterocycles. The number of allylic oxidation sites excluding steroid dienone is 2. The lowest BCUT2D eigenvalue weighted by molar-refractivity contribution is -0.143. The van der Waals surface area contributed by atoms with Crippen molar-refractivity contribution in [3.8, 4) is 0 Å². The van der Waals surface area contributed by atoms with Gasteiger partial charge in [-0.25, -0.2) is 0 Å². The Balaban J connectivity index is 0.000000182. The zero-order chi connectivity index (χ0) is 46.8. The molecule has 2 unspecified atom stereocenters. The molecule has 8 aliphatic rings. The number of carboxylic acid groups (broad SMARTS) is 2. The second-order valence-corrected chi connectivity index (χ2v) is 25.7. The number of carbonyl (C=O) groups is 2. The molecule has 0 heterocycles. The molecule has 16 atom stereocenters. The highest BCUT2D eigenvalue weighted by molar-refractivity contribution is 5.75. The molecule has 0 radical (unpaired) electrons. The molecule has 6 saturated carbocycles. The molecule has 0 amide bonds. The summed E-state index contributed by atoms with van der Waals surface area (Å²) in [5, 5.41) is 36.2. The molecular weight excluding hydrogens is 793 g/mol. The van der Waals surface area contributed by atoms with Gasteiger partial charge < -0.3 is 20.4 Å².